The smallest absolute Gasteiger partial charge is 0.123 e. The van der Waals surface area contributed by atoms with E-state index in [-0.39, 0.29) is 5.82 Å². The second-order valence-electron chi connectivity index (χ2n) is 6.39. The van der Waals surface area contributed by atoms with E-state index in [2.05, 4.69) is 76.2 Å². The third-order valence-corrected chi connectivity index (χ3v) is 6.79. The Morgan fingerprint density at radius 2 is 1.52 bits per heavy atom. The van der Waals surface area contributed by atoms with E-state index in [1.807, 2.05) is 23.5 Å². The van der Waals surface area contributed by atoms with E-state index >= 15 is 0 Å². The lowest BCUT2D eigenvalue weighted by molar-refractivity contribution is 0.628. The van der Waals surface area contributed by atoms with E-state index in [1.54, 1.807) is 0 Å². The number of halogens is 2. The van der Waals surface area contributed by atoms with E-state index < -0.39 is 0 Å². The van der Waals surface area contributed by atoms with Crippen molar-refractivity contribution in [2.45, 2.75) is 19.8 Å². The minimum Gasteiger partial charge on any atom is -0.282 e. The van der Waals surface area contributed by atoms with Gasteiger partial charge in [0.1, 0.15) is 5.82 Å². The summed E-state index contributed by atoms with van der Waals surface area (Å²) in [6, 6.07) is 19.6. The minimum atomic E-state index is -0.213. The largest absolute Gasteiger partial charge is 0.282 e. The average molecular weight is 461 g/mol. The van der Waals surface area contributed by atoms with Gasteiger partial charge in [0.25, 0.3) is 0 Å². The van der Waals surface area contributed by atoms with Crippen LogP contribution >= 0.6 is 34.2 Å². The summed E-state index contributed by atoms with van der Waals surface area (Å²) in [6.45, 7) is 4.48. The van der Waals surface area contributed by atoms with Crippen LogP contribution in [0.4, 0.5) is 15.8 Å². The van der Waals surface area contributed by atoms with Crippen LogP contribution in [0.25, 0.3) is 20.2 Å². The van der Waals surface area contributed by atoms with Crippen LogP contribution in [0.15, 0.2) is 60.7 Å². The summed E-state index contributed by atoms with van der Waals surface area (Å²) in [5, 5.41) is 2.60. The number of fused-ring (bicyclic) bond motifs is 3. The van der Waals surface area contributed by atoms with Gasteiger partial charge in [0, 0.05) is 15.5 Å². The molecule has 4 aromatic rings. The molecule has 0 spiro atoms. The minimum absolute atomic E-state index is 0.213. The molecule has 0 saturated heterocycles. The summed E-state index contributed by atoms with van der Waals surface area (Å²) >= 11 is 4.15. The monoisotopic (exact) mass is 461 g/mol. The average Bonchev–Trinajstić information content (AvgIpc) is 3.00. The molecule has 0 saturated carbocycles. The molecule has 126 valence electrons. The fourth-order valence-corrected chi connectivity index (χ4v) is 5.50. The van der Waals surface area contributed by atoms with Crippen molar-refractivity contribution in [3.05, 3.63) is 72.0 Å². The SMILES string of the molecule is CC(C)c1cccc2c1sc1c(N(I)c3ccc(F)cc3)cccc12. The third-order valence-electron chi connectivity index (χ3n) is 4.42. The fourth-order valence-electron chi connectivity index (χ4n) is 3.15. The molecule has 0 aliphatic rings. The molecule has 0 amide bonds. The molecular weight excluding hydrogens is 444 g/mol. The standard InChI is InChI=1S/C21H17FINS/c1-13(2)16-5-3-6-17-18-7-4-8-19(21(18)25-20(16)17)24(23)15-11-9-14(22)10-12-15/h3-13H,1-2H3. The van der Waals surface area contributed by atoms with Crippen molar-refractivity contribution in [1.82, 2.24) is 0 Å². The Morgan fingerprint density at radius 3 is 2.20 bits per heavy atom. The van der Waals surface area contributed by atoms with Gasteiger partial charge >= 0.3 is 0 Å². The molecule has 0 aliphatic heterocycles. The van der Waals surface area contributed by atoms with Crippen molar-refractivity contribution in [2.24, 2.45) is 0 Å². The maximum absolute atomic E-state index is 13.2. The lowest BCUT2D eigenvalue weighted by atomic mass is 10.0. The first-order valence-corrected chi connectivity index (χ1v) is 10.00. The number of hydrogen-bond donors (Lipinski definition) is 0. The first-order chi connectivity index (χ1) is 12.1. The van der Waals surface area contributed by atoms with Gasteiger partial charge < -0.3 is 0 Å². The topological polar surface area (TPSA) is 3.24 Å². The highest BCUT2D eigenvalue weighted by molar-refractivity contribution is 14.1. The first kappa shape index (κ1) is 16.8. The molecule has 0 fully saturated rings. The van der Waals surface area contributed by atoms with E-state index in [0.717, 1.165) is 11.4 Å². The fraction of sp³-hybridized carbons (Fsp3) is 0.143. The van der Waals surface area contributed by atoms with Gasteiger partial charge in [0.05, 0.1) is 38.9 Å². The predicted octanol–water partition coefficient (Wildman–Crippen LogP) is 7.81. The van der Waals surface area contributed by atoms with Gasteiger partial charge in [-0.1, -0.05) is 44.2 Å². The Bertz CT molecular complexity index is 1050. The number of rotatable bonds is 3. The summed E-state index contributed by atoms with van der Waals surface area (Å²) in [6.07, 6.45) is 0. The number of benzene rings is 3. The maximum Gasteiger partial charge on any atom is 0.123 e. The van der Waals surface area contributed by atoms with E-state index in [0.29, 0.717) is 5.92 Å². The molecule has 0 radical (unpaired) electrons. The zero-order valence-electron chi connectivity index (χ0n) is 14.0. The second kappa shape index (κ2) is 6.57. The van der Waals surface area contributed by atoms with E-state index in [9.17, 15) is 4.39 Å². The summed E-state index contributed by atoms with van der Waals surface area (Å²) in [5.74, 6) is 0.281. The molecule has 1 heterocycles. The van der Waals surface area contributed by atoms with Gasteiger partial charge in [-0.2, -0.15) is 0 Å². The van der Waals surface area contributed by atoms with Gasteiger partial charge in [-0.05, 0) is 41.8 Å². The third kappa shape index (κ3) is 2.91. The van der Waals surface area contributed by atoms with E-state index in [4.69, 9.17) is 0 Å². The van der Waals surface area contributed by atoms with Crippen LogP contribution in [0.2, 0.25) is 0 Å². The van der Waals surface area contributed by atoms with Crippen molar-refractivity contribution >= 4 is 65.7 Å². The van der Waals surface area contributed by atoms with Crippen molar-refractivity contribution in [3.8, 4) is 0 Å². The Labute approximate surface area is 164 Å². The number of nitrogens with zero attached hydrogens (tertiary/aromatic N) is 1. The van der Waals surface area contributed by atoms with Crippen molar-refractivity contribution in [3.63, 3.8) is 0 Å². The molecule has 0 atom stereocenters. The van der Waals surface area contributed by atoms with Crippen LogP contribution in [-0.4, -0.2) is 0 Å². The van der Waals surface area contributed by atoms with Crippen LogP contribution in [0.1, 0.15) is 25.3 Å². The summed E-state index contributed by atoms with van der Waals surface area (Å²) in [7, 11) is 0. The molecule has 0 unspecified atom stereocenters. The van der Waals surface area contributed by atoms with Crippen LogP contribution in [-0.2, 0) is 0 Å². The van der Waals surface area contributed by atoms with Crippen molar-refractivity contribution < 1.29 is 4.39 Å². The van der Waals surface area contributed by atoms with Gasteiger partial charge in [0.2, 0.25) is 0 Å². The van der Waals surface area contributed by atoms with Crippen LogP contribution in [0.5, 0.6) is 0 Å². The van der Waals surface area contributed by atoms with Crippen LogP contribution in [0, 0.1) is 5.82 Å². The molecule has 4 heteroatoms. The molecule has 1 aromatic heterocycles. The Balaban J connectivity index is 1.94. The lowest BCUT2D eigenvalue weighted by Crippen LogP contribution is -2.00. The lowest BCUT2D eigenvalue weighted by Gasteiger charge is -2.17. The molecule has 3 aromatic carbocycles. The highest BCUT2D eigenvalue weighted by Gasteiger charge is 2.16. The zero-order valence-corrected chi connectivity index (χ0v) is 16.9. The summed E-state index contributed by atoms with van der Waals surface area (Å²) < 4.78 is 18.0. The Hall–Kier alpha value is -1.66. The highest BCUT2D eigenvalue weighted by atomic mass is 127. The zero-order chi connectivity index (χ0) is 17.6. The number of hydrogen-bond acceptors (Lipinski definition) is 2. The van der Waals surface area contributed by atoms with Crippen molar-refractivity contribution in [2.75, 3.05) is 3.11 Å². The molecule has 1 nitrogen and oxygen atoms in total. The van der Waals surface area contributed by atoms with Gasteiger partial charge in [-0.25, -0.2) is 4.39 Å². The molecule has 0 N–H and O–H groups in total. The van der Waals surface area contributed by atoms with Crippen LogP contribution in [0.3, 0.4) is 0 Å². The molecule has 0 bridgehead atoms. The summed E-state index contributed by atoms with van der Waals surface area (Å²) in [5.41, 5.74) is 3.50. The van der Waals surface area contributed by atoms with Crippen molar-refractivity contribution in [1.29, 1.82) is 0 Å². The van der Waals surface area contributed by atoms with Gasteiger partial charge in [-0.15, -0.1) is 11.3 Å². The van der Waals surface area contributed by atoms with Gasteiger partial charge in [-0.3, -0.25) is 3.11 Å². The first-order valence-electron chi connectivity index (χ1n) is 8.22. The Kier molecular flexibility index (Phi) is 4.41. The molecule has 25 heavy (non-hydrogen) atoms. The van der Waals surface area contributed by atoms with E-state index in [1.165, 1.54) is 37.9 Å². The number of anilines is 2. The van der Waals surface area contributed by atoms with Gasteiger partial charge in [0.15, 0.2) is 0 Å². The Morgan fingerprint density at radius 1 is 0.880 bits per heavy atom. The highest BCUT2D eigenvalue weighted by Crippen LogP contribution is 2.44. The predicted molar refractivity (Wildman–Crippen MR) is 116 cm³/mol. The molecule has 0 aliphatic carbocycles. The summed E-state index contributed by atoms with van der Waals surface area (Å²) in [4.78, 5) is 0. The van der Waals surface area contributed by atoms with Crippen LogP contribution < -0.4 is 3.11 Å². The molecular formula is C21H17FINS. The maximum atomic E-state index is 13.2. The molecule has 4 rings (SSSR count). The normalized spacial score (nSPS) is 11.6. The second-order valence-corrected chi connectivity index (χ2v) is 8.38. The quantitative estimate of drug-likeness (QED) is 0.222. The number of thiophene rings is 1.